The maximum absolute atomic E-state index is 10.8. The van der Waals surface area contributed by atoms with Crippen LogP contribution in [-0.4, -0.2) is 36.1 Å². The number of nitrogens with zero attached hydrogens (tertiary/aromatic N) is 1. The molecule has 0 bridgehead atoms. The standard InChI is InChI=1S/C7H10N2O4S/c1-9-3-2-6(14(11,12)13)5(4-9)7(8)10/h2-4,6H,1H3,(H2,8,10)(H,11,12,13)/p-1. The molecule has 0 aliphatic carbocycles. The number of rotatable bonds is 2. The van der Waals surface area contributed by atoms with Crippen LogP contribution in [0.4, 0.5) is 0 Å². The van der Waals surface area contributed by atoms with Gasteiger partial charge in [-0.3, -0.25) is 4.55 Å². The highest BCUT2D eigenvalue weighted by molar-refractivity contribution is 7.86. The smallest absolute Gasteiger partial charge is 0.275 e. The molecule has 0 saturated heterocycles. The molecule has 6 nitrogen and oxygen atoms in total. The van der Waals surface area contributed by atoms with Crippen molar-refractivity contribution < 1.29 is 18.1 Å². The van der Waals surface area contributed by atoms with Crippen molar-refractivity contribution in [2.75, 3.05) is 7.05 Å². The normalized spacial score (nSPS) is 22.0. The van der Waals surface area contributed by atoms with E-state index in [1.807, 2.05) is 0 Å². The summed E-state index contributed by atoms with van der Waals surface area (Å²) in [7, 11) is -2.78. The minimum Gasteiger partial charge on any atom is -0.859 e. The van der Waals surface area contributed by atoms with Gasteiger partial charge < -0.3 is 15.4 Å². The Hall–Kier alpha value is -1.34. The van der Waals surface area contributed by atoms with Crippen LogP contribution in [0.1, 0.15) is 0 Å². The molecule has 2 N–H and O–H groups in total. The quantitative estimate of drug-likeness (QED) is 0.348. The molecule has 1 aliphatic heterocycles. The maximum atomic E-state index is 10.8. The van der Waals surface area contributed by atoms with E-state index in [1.165, 1.54) is 17.3 Å². The van der Waals surface area contributed by atoms with Crippen LogP contribution in [0.3, 0.4) is 0 Å². The van der Waals surface area contributed by atoms with Gasteiger partial charge in [-0.15, -0.1) is 0 Å². The van der Waals surface area contributed by atoms with Gasteiger partial charge in [0.05, 0.1) is 0 Å². The maximum Gasteiger partial charge on any atom is 0.275 e. The van der Waals surface area contributed by atoms with E-state index in [9.17, 15) is 13.5 Å². The zero-order valence-corrected chi connectivity index (χ0v) is 8.15. The summed E-state index contributed by atoms with van der Waals surface area (Å²) < 4.78 is 30.4. The molecule has 0 fully saturated rings. The molecule has 0 radical (unpaired) electrons. The molecule has 0 saturated carbocycles. The van der Waals surface area contributed by atoms with Crippen molar-refractivity contribution in [1.82, 2.24) is 4.90 Å². The van der Waals surface area contributed by atoms with Gasteiger partial charge in [-0.05, 0) is 12.0 Å². The van der Waals surface area contributed by atoms with Crippen LogP contribution in [0.2, 0.25) is 0 Å². The molecule has 1 rings (SSSR count). The average Bonchev–Trinajstić information content (AvgIpc) is 2.01. The Labute approximate surface area is 81.4 Å². The second kappa shape index (κ2) is 3.43. The second-order valence-electron chi connectivity index (χ2n) is 2.86. The van der Waals surface area contributed by atoms with E-state index in [2.05, 4.69) is 0 Å². The Bertz CT molecular complexity index is 409. The van der Waals surface area contributed by atoms with E-state index in [4.69, 9.17) is 9.96 Å². The lowest BCUT2D eigenvalue weighted by molar-refractivity contribution is -0.215. The first-order valence-electron chi connectivity index (χ1n) is 3.66. The zero-order chi connectivity index (χ0) is 10.9. The average molecular weight is 217 g/mol. The summed E-state index contributed by atoms with van der Waals surface area (Å²) in [6.45, 7) is 0. The Kier molecular flexibility index (Phi) is 2.63. The highest BCUT2D eigenvalue weighted by Crippen LogP contribution is 2.17. The first-order valence-corrected chi connectivity index (χ1v) is 5.17. The Morgan fingerprint density at radius 2 is 2.29 bits per heavy atom. The monoisotopic (exact) mass is 217 g/mol. The molecule has 1 atom stereocenters. The third kappa shape index (κ3) is 2.12. The van der Waals surface area contributed by atoms with Crippen molar-refractivity contribution >= 4 is 16.0 Å². The van der Waals surface area contributed by atoms with E-state index in [1.54, 1.807) is 7.05 Å². The van der Waals surface area contributed by atoms with Crippen LogP contribution in [-0.2, 0) is 10.1 Å². The van der Waals surface area contributed by atoms with Crippen molar-refractivity contribution in [1.29, 1.82) is 5.41 Å². The molecule has 0 aromatic heterocycles. The van der Waals surface area contributed by atoms with Gasteiger partial charge in [0, 0.05) is 25.0 Å². The fourth-order valence-electron chi connectivity index (χ4n) is 1.10. The lowest BCUT2D eigenvalue weighted by Gasteiger charge is -2.24. The van der Waals surface area contributed by atoms with E-state index in [-0.39, 0.29) is 5.57 Å². The van der Waals surface area contributed by atoms with E-state index >= 15 is 0 Å². The lowest BCUT2D eigenvalue weighted by Crippen LogP contribution is -2.34. The first kappa shape index (κ1) is 10.7. The molecular formula is C7H9N2O4S-. The van der Waals surface area contributed by atoms with Crippen molar-refractivity contribution in [3.05, 3.63) is 24.0 Å². The fraction of sp³-hybridized carbons (Fsp3) is 0.286. The third-order valence-electron chi connectivity index (χ3n) is 1.73. The molecule has 78 valence electrons. The number of nitrogens with one attached hydrogen (secondary N) is 1. The topological polar surface area (TPSA) is 105 Å². The Morgan fingerprint density at radius 3 is 2.71 bits per heavy atom. The van der Waals surface area contributed by atoms with Crippen molar-refractivity contribution in [2.45, 2.75) is 5.25 Å². The molecule has 1 heterocycles. The number of hydrogen-bond donors (Lipinski definition) is 2. The summed E-state index contributed by atoms with van der Waals surface area (Å²) in [6, 6.07) is 0. The predicted molar refractivity (Wildman–Crippen MR) is 48.0 cm³/mol. The van der Waals surface area contributed by atoms with Gasteiger partial charge in [0.1, 0.15) is 5.25 Å². The molecule has 1 unspecified atom stereocenters. The summed E-state index contributed by atoms with van der Waals surface area (Å²) in [4.78, 5) is 1.43. The molecule has 0 aromatic rings. The molecule has 0 spiro atoms. The van der Waals surface area contributed by atoms with Gasteiger partial charge in [-0.1, -0.05) is 0 Å². The van der Waals surface area contributed by atoms with Crippen molar-refractivity contribution in [3.8, 4) is 0 Å². The van der Waals surface area contributed by atoms with Crippen LogP contribution < -0.4 is 5.11 Å². The van der Waals surface area contributed by atoms with E-state index in [0.717, 1.165) is 6.08 Å². The molecular weight excluding hydrogens is 208 g/mol. The first-order chi connectivity index (χ1) is 6.32. The molecule has 0 aromatic carbocycles. The van der Waals surface area contributed by atoms with Crippen LogP contribution >= 0.6 is 0 Å². The van der Waals surface area contributed by atoms with Crippen molar-refractivity contribution in [2.24, 2.45) is 0 Å². The molecule has 7 heteroatoms. The predicted octanol–water partition coefficient (Wildman–Crippen LogP) is -1.08. The minimum absolute atomic E-state index is 0.266. The third-order valence-corrected chi connectivity index (χ3v) is 2.78. The minimum atomic E-state index is -4.37. The van der Waals surface area contributed by atoms with Gasteiger partial charge in [-0.2, -0.15) is 8.42 Å². The van der Waals surface area contributed by atoms with Gasteiger partial charge >= 0.3 is 0 Å². The largest absolute Gasteiger partial charge is 0.859 e. The SMILES string of the molecule is CN1C=CC(S(=O)(=O)O)C(C(=N)[O-])=C1. The van der Waals surface area contributed by atoms with Gasteiger partial charge in [0.15, 0.2) is 0 Å². The van der Waals surface area contributed by atoms with Gasteiger partial charge in [0.25, 0.3) is 10.1 Å². The fourth-order valence-corrected chi connectivity index (χ4v) is 1.86. The zero-order valence-electron chi connectivity index (χ0n) is 7.34. The summed E-state index contributed by atoms with van der Waals surface area (Å²) in [5.41, 5.74) is -0.266. The van der Waals surface area contributed by atoms with Gasteiger partial charge in [-0.25, -0.2) is 0 Å². The summed E-state index contributed by atoms with van der Waals surface area (Å²) >= 11 is 0. The molecule has 1 aliphatic rings. The Balaban J connectivity index is 3.15. The number of hydrogen-bond acceptors (Lipinski definition) is 5. The summed E-state index contributed by atoms with van der Waals surface area (Å²) in [6.07, 6.45) is 3.75. The summed E-state index contributed by atoms with van der Waals surface area (Å²) in [5, 5.41) is 16.2. The molecule has 0 amide bonds. The summed E-state index contributed by atoms with van der Waals surface area (Å²) in [5.74, 6) is -1.12. The second-order valence-corrected chi connectivity index (χ2v) is 4.39. The van der Waals surface area contributed by atoms with Crippen LogP contribution in [0.5, 0.6) is 0 Å². The van der Waals surface area contributed by atoms with E-state index < -0.39 is 21.3 Å². The molecule has 14 heavy (non-hydrogen) atoms. The van der Waals surface area contributed by atoms with Crippen LogP contribution in [0.25, 0.3) is 0 Å². The van der Waals surface area contributed by atoms with Crippen LogP contribution in [0, 0.1) is 5.41 Å². The lowest BCUT2D eigenvalue weighted by atomic mass is 10.1. The van der Waals surface area contributed by atoms with Crippen molar-refractivity contribution in [3.63, 3.8) is 0 Å². The van der Waals surface area contributed by atoms with Gasteiger partial charge in [0.2, 0.25) is 0 Å². The Morgan fingerprint density at radius 1 is 1.71 bits per heavy atom. The highest BCUT2D eigenvalue weighted by atomic mass is 32.2. The van der Waals surface area contributed by atoms with Crippen LogP contribution in [0.15, 0.2) is 24.0 Å². The highest BCUT2D eigenvalue weighted by Gasteiger charge is 2.26. The van der Waals surface area contributed by atoms with E-state index in [0.29, 0.717) is 0 Å².